The molecule has 1 saturated carbocycles. The van der Waals surface area contributed by atoms with E-state index in [9.17, 15) is 4.79 Å². The van der Waals surface area contributed by atoms with Gasteiger partial charge in [0.1, 0.15) is 0 Å². The number of nitrogens with zero attached hydrogens (tertiary/aromatic N) is 2. The summed E-state index contributed by atoms with van der Waals surface area (Å²) < 4.78 is 0. The molecule has 158 valence electrons. The Morgan fingerprint density at radius 1 is 1.07 bits per heavy atom. The molecule has 1 aliphatic carbocycles. The zero-order chi connectivity index (χ0) is 20.5. The van der Waals surface area contributed by atoms with E-state index in [0.717, 1.165) is 19.5 Å². The molecule has 0 bridgehead atoms. The van der Waals surface area contributed by atoms with Crippen molar-refractivity contribution in [2.45, 2.75) is 67.3 Å². The van der Waals surface area contributed by atoms with Crippen LogP contribution >= 0.6 is 23.5 Å². The number of carbonyl (C=O) groups is 1. The van der Waals surface area contributed by atoms with Crippen molar-refractivity contribution in [3.63, 3.8) is 0 Å². The number of thioether (sulfide) groups is 2. The van der Waals surface area contributed by atoms with Gasteiger partial charge in [0, 0.05) is 29.0 Å². The monoisotopic (exact) mass is 422 g/mol. The molecule has 1 amide bonds. The number of amides is 1. The third-order valence-electron chi connectivity index (χ3n) is 5.41. The minimum absolute atomic E-state index is 0.278. The fourth-order valence-electron chi connectivity index (χ4n) is 3.65. The summed E-state index contributed by atoms with van der Waals surface area (Å²) in [4.78, 5) is 18.1. The van der Waals surface area contributed by atoms with Crippen molar-refractivity contribution < 1.29 is 4.79 Å². The zero-order valence-electron chi connectivity index (χ0n) is 18.3. The van der Waals surface area contributed by atoms with Gasteiger partial charge in [-0.2, -0.15) is 0 Å². The van der Waals surface area contributed by atoms with Crippen molar-refractivity contribution in [3.05, 3.63) is 29.8 Å². The van der Waals surface area contributed by atoms with Crippen molar-refractivity contribution in [3.8, 4) is 0 Å². The van der Waals surface area contributed by atoms with Gasteiger partial charge >= 0.3 is 0 Å². The molecule has 0 N–H and O–H groups in total. The van der Waals surface area contributed by atoms with Crippen molar-refractivity contribution in [1.82, 2.24) is 9.80 Å². The fourth-order valence-corrected chi connectivity index (χ4v) is 6.81. The van der Waals surface area contributed by atoms with Crippen LogP contribution in [0.5, 0.6) is 0 Å². The Labute approximate surface area is 181 Å². The Morgan fingerprint density at radius 2 is 1.75 bits per heavy atom. The second kappa shape index (κ2) is 12.1. The van der Waals surface area contributed by atoms with E-state index in [4.69, 9.17) is 0 Å². The number of carbonyl (C=O) groups excluding carboxylic acids is 1. The van der Waals surface area contributed by atoms with E-state index in [1.807, 2.05) is 23.7 Å². The van der Waals surface area contributed by atoms with Crippen LogP contribution in [-0.4, -0.2) is 66.2 Å². The first kappa shape index (κ1) is 23.6. The molecular weight excluding hydrogens is 384 g/mol. The fraction of sp³-hybridized carbons (Fsp3) is 0.696. The molecular formula is C23H38N2OS2. The lowest BCUT2D eigenvalue weighted by molar-refractivity contribution is -0.127. The highest BCUT2D eigenvalue weighted by Gasteiger charge is 2.28. The van der Waals surface area contributed by atoms with Crippen molar-refractivity contribution >= 4 is 29.4 Å². The maximum Gasteiger partial charge on any atom is 0.232 e. The topological polar surface area (TPSA) is 23.6 Å². The van der Waals surface area contributed by atoms with E-state index >= 15 is 0 Å². The number of rotatable bonds is 10. The third-order valence-corrected chi connectivity index (χ3v) is 8.48. The molecule has 0 spiro atoms. The molecule has 1 aliphatic rings. The van der Waals surface area contributed by atoms with Crippen LogP contribution < -0.4 is 0 Å². The third kappa shape index (κ3) is 7.64. The molecule has 2 atom stereocenters. The van der Waals surface area contributed by atoms with Gasteiger partial charge in [0.05, 0.1) is 5.75 Å². The van der Waals surface area contributed by atoms with Gasteiger partial charge in [-0.25, -0.2) is 0 Å². The summed E-state index contributed by atoms with van der Waals surface area (Å²) in [5, 5.41) is 1.20. The highest BCUT2D eigenvalue weighted by Crippen LogP contribution is 2.41. The smallest absolute Gasteiger partial charge is 0.232 e. The van der Waals surface area contributed by atoms with Gasteiger partial charge in [0.2, 0.25) is 5.91 Å². The van der Waals surface area contributed by atoms with E-state index in [2.05, 4.69) is 68.9 Å². The molecule has 0 aliphatic heterocycles. The second-order valence-electron chi connectivity index (χ2n) is 8.45. The van der Waals surface area contributed by atoms with Crippen LogP contribution in [-0.2, 0) is 4.79 Å². The number of hydrogen-bond donors (Lipinski definition) is 0. The molecule has 0 heterocycles. The summed E-state index contributed by atoms with van der Waals surface area (Å²) >= 11 is 3.95. The lowest BCUT2D eigenvalue weighted by Crippen LogP contribution is -2.33. The molecule has 0 aromatic heterocycles. The lowest BCUT2D eigenvalue weighted by Gasteiger charge is -2.31. The van der Waals surface area contributed by atoms with Crippen LogP contribution in [0.25, 0.3) is 0 Å². The van der Waals surface area contributed by atoms with Crippen molar-refractivity contribution in [2.24, 2.45) is 0 Å². The first-order valence-electron chi connectivity index (χ1n) is 10.6. The molecule has 2 rings (SSSR count). The SMILES string of the molecule is CC(C)c1ccccc1S[C@@H]1CCCC[C@H]1SCC(=O)N(C)CCCN(C)C. The second-order valence-corrected chi connectivity index (χ2v) is 11.0. The highest BCUT2D eigenvalue weighted by molar-refractivity contribution is 8.04. The van der Waals surface area contributed by atoms with Crippen LogP contribution in [0.3, 0.4) is 0 Å². The summed E-state index contributed by atoms with van der Waals surface area (Å²) in [5.74, 6) is 1.45. The lowest BCUT2D eigenvalue weighted by atomic mass is 10.00. The molecule has 5 heteroatoms. The molecule has 0 radical (unpaired) electrons. The van der Waals surface area contributed by atoms with E-state index in [1.54, 1.807) is 0 Å². The summed E-state index contributed by atoms with van der Waals surface area (Å²) in [6, 6.07) is 8.85. The largest absolute Gasteiger partial charge is 0.345 e. The quantitative estimate of drug-likeness (QED) is 0.507. The maximum absolute atomic E-state index is 12.6. The summed E-state index contributed by atoms with van der Waals surface area (Å²) in [6.07, 6.45) is 6.16. The Hall–Kier alpha value is -0.650. The van der Waals surface area contributed by atoms with Crippen molar-refractivity contribution in [2.75, 3.05) is 40.0 Å². The van der Waals surface area contributed by atoms with E-state index in [1.165, 1.54) is 36.1 Å². The molecule has 0 unspecified atom stereocenters. The predicted molar refractivity (Wildman–Crippen MR) is 126 cm³/mol. The van der Waals surface area contributed by atoms with E-state index in [-0.39, 0.29) is 5.91 Å². The standard InChI is InChI=1S/C23H38N2OS2/c1-18(2)19-11-6-7-12-20(19)28-22-14-9-8-13-21(22)27-17-23(26)25(5)16-10-15-24(3)4/h6-7,11-12,18,21-22H,8-10,13-17H2,1-5H3/t21-,22-/m1/s1. The minimum Gasteiger partial charge on any atom is -0.345 e. The van der Waals surface area contributed by atoms with Gasteiger partial charge in [-0.3, -0.25) is 4.79 Å². The molecule has 1 aromatic rings. The first-order chi connectivity index (χ1) is 13.4. The normalized spacial score (nSPS) is 20.0. The average molecular weight is 423 g/mol. The highest BCUT2D eigenvalue weighted by atomic mass is 32.2. The molecule has 28 heavy (non-hydrogen) atoms. The zero-order valence-corrected chi connectivity index (χ0v) is 20.0. The van der Waals surface area contributed by atoms with Gasteiger partial charge in [-0.1, -0.05) is 44.9 Å². The van der Waals surface area contributed by atoms with Gasteiger partial charge in [-0.05, 0) is 57.5 Å². The van der Waals surface area contributed by atoms with Crippen LogP contribution in [0.2, 0.25) is 0 Å². The van der Waals surface area contributed by atoms with Crippen LogP contribution in [0.15, 0.2) is 29.2 Å². The van der Waals surface area contributed by atoms with E-state index < -0.39 is 0 Å². The van der Waals surface area contributed by atoms with Gasteiger partial charge < -0.3 is 9.80 Å². The van der Waals surface area contributed by atoms with Gasteiger partial charge in [0.15, 0.2) is 0 Å². The molecule has 1 aromatic carbocycles. The Morgan fingerprint density at radius 3 is 2.43 bits per heavy atom. The first-order valence-corrected chi connectivity index (χ1v) is 12.6. The summed E-state index contributed by atoms with van der Waals surface area (Å²) in [5.41, 5.74) is 1.46. The Balaban J connectivity index is 1.88. The minimum atomic E-state index is 0.278. The summed E-state index contributed by atoms with van der Waals surface area (Å²) in [6.45, 7) is 6.43. The van der Waals surface area contributed by atoms with E-state index in [0.29, 0.717) is 22.2 Å². The predicted octanol–water partition coefficient (Wildman–Crippen LogP) is 5.36. The van der Waals surface area contributed by atoms with Crippen LogP contribution in [0.4, 0.5) is 0 Å². The molecule has 3 nitrogen and oxygen atoms in total. The maximum atomic E-state index is 12.6. The summed E-state index contributed by atoms with van der Waals surface area (Å²) in [7, 11) is 6.11. The van der Waals surface area contributed by atoms with Crippen LogP contribution in [0.1, 0.15) is 57.4 Å². The van der Waals surface area contributed by atoms with Gasteiger partial charge in [0.25, 0.3) is 0 Å². The van der Waals surface area contributed by atoms with Gasteiger partial charge in [-0.15, -0.1) is 23.5 Å². The average Bonchev–Trinajstić information content (AvgIpc) is 2.67. The molecule has 0 saturated heterocycles. The Bertz CT molecular complexity index is 606. The number of hydrogen-bond acceptors (Lipinski definition) is 4. The molecule has 1 fully saturated rings. The van der Waals surface area contributed by atoms with Crippen LogP contribution in [0, 0.1) is 0 Å². The Kier molecular flexibility index (Phi) is 10.2. The number of benzene rings is 1. The van der Waals surface area contributed by atoms with Crippen molar-refractivity contribution in [1.29, 1.82) is 0 Å².